The van der Waals surface area contributed by atoms with Gasteiger partial charge in [-0.2, -0.15) is 0 Å². The summed E-state index contributed by atoms with van der Waals surface area (Å²) in [5, 5.41) is 2.70. The summed E-state index contributed by atoms with van der Waals surface area (Å²) in [6.45, 7) is 0.906. The highest BCUT2D eigenvalue weighted by Gasteiger charge is 2.29. The number of nitrogens with one attached hydrogen (secondary N) is 2. The Morgan fingerprint density at radius 2 is 1.71 bits per heavy atom. The van der Waals surface area contributed by atoms with E-state index in [1.165, 1.54) is 6.07 Å². The molecule has 0 radical (unpaired) electrons. The van der Waals surface area contributed by atoms with Crippen molar-refractivity contribution < 1.29 is 19.1 Å². The molecule has 0 saturated heterocycles. The van der Waals surface area contributed by atoms with Crippen molar-refractivity contribution in [2.24, 2.45) is 0 Å². The smallest absolute Gasteiger partial charge is 0.261 e. The highest BCUT2D eigenvalue weighted by atomic mass is 16.6. The Balaban J connectivity index is 1.40. The molecule has 156 valence electrons. The number of ether oxygens (including phenoxy) is 2. The number of aromatic amines is 1. The predicted octanol–water partition coefficient (Wildman–Crippen LogP) is 3.31. The van der Waals surface area contributed by atoms with Crippen LogP contribution in [0.2, 0.25) is 0 Å². The number of pyridine rings is 1. The van der Waals surface area contributed by atoms with Gasteiger partial charge in [0.05, 0.1) is 0 Å². The Morgan fingerprint density at radius 3 is 2.52 bits per heavy atom. The van der Waals surface area contributed by atoms with Crippen molar-refractivity contribution in [1.82, 2.24) is 4.98 Å². The molecule has 31 heavy (non-hydrogen) atoms. The zero-order chi connectivity index (χ0) is 21.4. The van der Waals surface area contributed by atoms with Gasteiger partial charge in [-0.3, -0.25) is 14.4 Å². The summed E-state index contributed by atoms with van der Waals surface area (Å²) in [7, 11) is 0. The average Bonchev–Trinajstić information content (AvgIpc) is 2.79. The highest BCUT2D eigenvalue weighted by Crippen LogP contribution is 2.33. The van der Waals surface area contributed by atoms with Crippen molar-refractivity contribution in [1.29, 1.82) is 0 Å². The van der Waals surface area contributed by atoms with Crippen LogP contribution < -0.4 is 20.3 Å². The number of carbonyl (C=O) groups excluding carboxylic acids is 2. The predicted molar refractivity (Wildman–Crippen MR) is 114 cm³/mol. The van der Waals surface area contributed by atoms with Crippen molar-refractivity contribution >= 4 is 17.4 Å². The second-order valence-corrected chi connectivity index (χ2v) is 7.66. The molecule has 0 bridgehead atoms. The molecule has 1 atom stereocenters. The summed E-state index contributed by atoms with van der Waals surface area (Å²) < 4.78 is 11.0. The van der Waals surface area contributed by atoms with Gasteiger partial charge in [-0.15, -0.1) is 0 Å². The van der Waals surface area contributed by atoms with Crippen LogP contribution in [-0.4, -0.2) is 29.9 Å². The fourth-order valence-corrected chi connectivity index (χ4v) is 4.08. The summed E-state index contributed by atoms with van der Waals surface area (Å²) >= 11 is 0. The number of H-pyrrole nitrogens is 1. The number of ketones is 1. The fourth-order valence-electron chi connectivity index (χ4n) is 4.08. The van der Waals surface area contributed by atoms with E-state index in [-0.39, 0.29) is 17.3 Å². The van der Waals surface area contributed by atoms with Gasteiger partial charge >= 0.3 is 0 Å². The molecule has 2 aliphatic rings. The van der Waals surface area contributed by atoms with Gasteiger partial charge < -0.3 is 19.8 Å². The second kappa shape index (κ2) is 7.75. The minimum atomic E-state index is -0.585. The van der Waals surface area contributed by atoms with E-state index in [4.69, 9.17) is 9.47 Å². The number of Topliss-reactive ketones (excluding diaryl/α,β-unsaturated/α-hetero) is 1. The second-order valence-electron chi connectivity index (χ2n) is 7.66. The third kappa shape index (κ3) is 3.70. The van der Waals surface area contributed by atoms with Crippen LogP contribution in [0.1, 0.15) is 44.3 Å². The Labute approximate surface area is 178 Å². The fraction of sp³-hybridized carbons (Fsp3) is 0.208. The number of anilines is 1. The van der Waals surface area contributed by atoms with Crippen LogP contribution in [0.5, 0.6) is 11.5 Å². The molecule has 2 heterocycles. The van der Waals surface area contributed by atoms with Gasteiger partial charge in [0, 0.05) is 29.4 Å². The molecule has 1 amide bonds. The maximum Gasteiger partial charge on any atom is 0.261 e. The number of carbonyl (C=O) groups is 2. The van der Waals surface area contributed by atoms with Gasteiger partial charge in [0.25, 0.3) is 11.5 Å². The Hall–Kier alpha value is -3.87. The van der Waals surface area contributed by atoms with Crippen LogP contribution in [0.4, 0.5) is 5.69 Å². The van der Waals surface area contributed by atoms with Crippen molar-refractivity contribution in [3.05, 3.63) is 87.3 Å². The minimum absolute atomic E-state index is 0.00856. The van der Waals surface area contributed by atoms with Crippen molar-refractivity contribution in [3.63, 3.8) is 0 Å². The monoisotopic (exact) mass is 416 g/mol. The number of hydrogen-bond donors (Lipinski definition) is 2. The summed E-state index contributed by atoms with van der Waals surface area (Å²) in [5.74, 6) is 0.479. The van der Waals surface area contributed by atoms with E-state index in [1.54, 1.807) is 18.2 Å². The van der Waals surface area contributed by atoms with Crippen LogP contribution in [0.15, 0.2) is 59.4 Å². The molecule has 0 unspecified atom stereocenters. The van der Waals surface area contributed by atoms with Gasteiger partial charge in [0.1, 0.15) is 18.8 Å². The lowest BCUT2D eigenvalue weighted by Crippen LogP contribution is -2.29. The van der Waals surface area contributed by atoms with Gasteiger partial charge in [-0.05, 0) is 36.1 Å². The standard InChI is InChI=1S/C24H20N2O5/c27-20-11-15(14-4-2-1-3-5-14)10-19-17(20)13-18(24(29)26-19)23(28)25-16-6-7-21-22(12-16)31-9-8-30-21/h1-7,12-13,15H,8-11H2,(H,25,28)(H,26,29)/t15-/m1/s1. The van der Waals surface area contributed by atoms with E-state index >= 15 is 0 Å². The average molecular weight is 416 g/mol. The third-order valence-electron chi connectivity index (χ3n) is 5.62. The molecule has 1 aliphatic heterocycles. The summed E-state index contributed by atoms with van der Waals surface area (Å²) in [4.78, 5) is 41.0. The van der Waals surface area contributed by atoms with Crippen LogP contribution in [-0.2, 0) is 6.42 Å². The van der Waals surface area contributed by atoms with Crippen LogP contribution in [0.25, 0.3) is 0 Å². The molecule has 7 nitrogen and oxygen atoms in total. The van der Waals surface area contributed by atoms with Crippen LogP contribution >= 0.6 is 0 Å². The number of aromatic nitrogens is 1. The summed E-state index contributed by atoms with van der Waals surface area (Å²) in [6.07, 6.45) is 0.886. The normalized spacial score (nSPS) is 17.0. The highest BCUT2D eigenvalue weighted by molar-refractivity contribution is 6.07. The van der Waals surface area contributed by atoms with Crippen LogP contribution in [0, 0.1) is 0 Å². The molecule has 2 N–H and O–H groups in total. The molecule has 1 aromatic heterocycles. The topological polar surface area (TPSA) is 97.5 Å². The summed E-state index contributed by atoms with van der Waals surface area (Å²) in [6, 6.07) is 16.2. The molecule has 0 saturated carbocycles. The number of benzene rings is 2. The minimum Gasteiger partial charge on any atom is -0.486 e. The first kappa shape index (κ1) is 19.1. The zero-order valence-corrected chi connectivity index (χ0v) is 16.6. The van der Waals surface area contributed by atoms with Crippen molar-refractivity contribution in [2.75, 3.05) is 18.5 Å². The lowest BCUT2D eigenvalue weighted by molar-refractivity contribution is 0.0963. The van der Waals surface area contributed by atoms with Crippen LogP contribution in [0.3, 0.4) is 0 Å². The molecular formula is C24H20N2O5. The molecule has 2 aromatic carbocycles. The maximum absolute atomic E-state index is 12.8. The van der Waals surface area contributed by atoms with E-state index in [0.717, 1.165) is 5.56 Å². The molecule has 5 rings (SSSR count). The van der Waals surface area contributed by atoms with E-state index in [9.17, 15) is 14.4 Å². The lowest BCUT2D eigenvalue weighted by atomic mass is 9.81. The van der Waals surface area contributed by atoms with Gasteiger partial charge in [0.2, 0.25) is 0 Å². The number of rotatable bonds is 3. The van der Waals surface area contributed by atoms with E-state index in [1.807, 2.05) is 30.3 Å². The summed E-state index contributed by atoms with van der Waals surface area (Å²) in [5.41, 5.74) is 1.89. The lowest BCUT2D eigenvalue weighted by Gasteiger charge is -2.24. The SMILES string of the molecule is O=C1C[C@H](c2ccccc2)Cc2[nH]c(=O)c(C(=O)Nc3ccc4c(c3)OCCO4)cc21. The maximum atomic E-state index is 12.8. The molecule has 3 aromatic rings. The van der Waals surface area contributed by atoms with E-state index < -0.39 is 11.5 Å². The Bertz CT molecular complexity index is 1230. The first-order valence-electron chi connectivity index (χ1n) is 10.1. The molecule has 1 aliphatic carbocycles. The van der Waals surface area contributed by atoms with Gasteiger partial charge in [-0.25, -0.2) is 0 Å². The first-order valence-corrected chi connectivity index (χ1v) is 10.1. The van der Waals surface area contributed by atoms with Gasteiger partial charge in [-0.1, -0.05) is 30.3 Å². The van der Waals surface area contributed by atoms with E-state index in [0.29, 0.717) is 54.5 Å². The molecule has 0 spiro atoms. The number of fused-ring (bicyclic) bond motifs is 2. The van der Waals surface area contributed by atoms with Crippen molar-refractivity contribution in [2.45, 2.75) is 18.8 Å². The number of hydrogen-bond acceptors (Lipinski definition) is 5. The molecule has 7 heteroatoms. The largest absolute Gasteiger partial charge is 0.486 e. The first-order chi connectivity index (χ1) is 15.1. The number of amides is 1. The van der Waals surface area contributed by atoms with E-state index in [2.05, 4.69) is 10.3 Å². The Morgan fingerprint density at radius 1 is 0.935 bits per heavy atom. The molecule has 0 fully saturated rings. The zero-order valence-electron chi connectivity index (χ0n) is 16.6. The quantitative estimate of drug-likeness (QED) is 0.683. The third-order valence-corrected chi connectivity index (χ3v) is 5.62. The Kier molecular flexibility index (Phi) is 4.78. The van der Waals surface area contributed by atoms with Crippen molar-refractivity contribution in [3.8, 4) is 11.5 Å². The molecular weight excluding hydrogens is 396 g/mol. The van der Waals surface area contributed by atoms with Gasteiger partial charge in [0.15, 0.2) is 17.3 Å².